The zero-order valence-corrected chi connectivity index (χ0v) is 9.82. The fourth-order valence-corrected chi connectivity index (χ4v) is 1.07. The van der Waals surface area contributed by atoms with Gasteiger partial charge in [-0.25, -0.2) is 27.4 Å². The van der Waals surface area contributed by atoms with Gasteiger partial charge in [-0.2, -0.15) is 0 Å². The number of anilines is 1. The normalized spacial score (nSPS) is 10.3. The third-order valence-electron chi connectivity index (χ3n) is 1.96. The summed E-state index contributed by atoms with van der Waals surface area (Å²) in [7, 11) is 0. The van der Waals surface area contributed by atoms with Crippen LogP contribution in [-0.4, -0.2) is 18.4 Å². The van der Waals surface area contributed by atoms with Crippen molar-refractivity contribution in [2.75, 3.05) is 11.9 Å². The molecule has 0 aliphatic carbocycles. The summed E-state index contributed by atoms with van der Waals surface area (Å²) in [5.74, 6) is -14.5. The number of benzene rings is 1. The van der Waals surface area contributed by atoms with Gasteiger partial charge >= 0.3 is 11.8 Å². The fourth-order valence-electron chi connectivity index (χ4n) is 1.07. The Morgan fingerprint density at radius 2 is 1.35 bits per heavy atom. The summed E-state index contributed by atoms with van der Waals surface area (Å²) in [6, 6.07) is 0. The van der Waals surface area contributed by atoms with E-state index in [1.165, 1.54) is 12.2 Å². The van der Waals surface area contributed by atoms with E-state index < -0.39 is 46.6 Å². The third-order valence-corrected chi connectivity index (χ3v) is 1.96. The van der Waals surface area contributed by atoms with Crippen LogP contribution in [-0.2, 0) is 14.4 Å². The van der Waals surface area contributed by atoms with Crippen molar-refractivity contribution in [1.82, 2.24) is 5.48 Å². The van der Waals surface area contributed by atoms with Crippen molar-refractivity contribution in [1.29, 1.82) is 0 Å². The van der Waals surface area contributed by atoms with Gasteiger partial charge in [-0.3, -0.25) is 14.4 Å². The van der Waals surface area contributed by atoms with Crippen molar-refractivity contribution in [3.05, 3.63) is 29.1 Å². The lowest BCUT2D eigenvalue weighted by molar-refractivity contribution is -0.144. The molecule has 0 fully saturated rings. The summed E-state index contributed by atoms with van der Waals surface area (Å²) in [5.41, 5.74) is -0.0524. The predicted octanol–water partition coefficient (Wildman–Crippen LogP) is 1.39. The minimum absolute atomic E-state index is 0.0124. The molecule has 2 amide bonds. The quantitative estimate of drug-likeness (QED) is 0.291. The molecule has 0 aliphatic heterocycles. The molecule has 0 aromatic heterocycles. The SMILES string of the molecule is CCONC(=O)C(=O)Nc1c(F)c(F)c(F)c(F)c1F. The topological polar surface area (TPSA) is 67.4 Å². The molecule has 1 rings (SSSR count). The summed E-state index contributed by atoms with van der Waals surface area (Å²) in [6.07, 6.45) is 0. The van der Waals surface area contributed by atoms with Crippen molar-refractivity contribution < 1.29 is 36.4 Å². The van der Waals surface area contributed by atoms with Gasteiger partial charge in [0, 0.05) is 0 Å². The van der Waals surface area contributed by atoms with Gasteiger partial charge in [0.25, 0.3) is 0 Å². The molecule has 0 radical (unpaired) electrons. The van der Waals surface area contributed by atoms with Crippen LogP contribution in [0.3, 0.4) is 0 Å². The average molecular weight is 298 g/mol. The van der Waals surface area contributed by atoms with E-state index in [0.717, 1.165) is 0 Å². The first kappa shape index (κ1) is 15.8. The minimum Gasteiger partial charge on any atom is -0.313 e. The van der Waals surface area contributed by atoms with E-state index in [2.05, 4.69) is 4.84 Å². The molecule has 1 aromatic rings. The van der Waals surface area contributed by atoms with Crippen LogP contribution in [0.15, 0.2) is 0 Å². The molecule has 110 valence electrons. The highest BCUT2D eigenvalue weighted by molar-refractivity contribution is 6.39. The number of rotatable bonds is 3. The minimum atomic E-state index is -2.38. The highest BCUT2D eigenvalue weighted by Gasteiger charge is 2.28. The van der Waals surface area contributed by atoms with Crippen LogP contribution >= 0.6 is 0 Å². The summed E-state index contributed by atoms with van der Waals surface area (Å²) in [4.78, 5) is 26.5. The molecule has 2 N–H and O–H groups in total. The molecule has 0 bridgehead atoms. The number of halogens is 5. The number of nitrogens with one attached hydrogen (secondary N) is 2. The summed E-state index contributed by atoms with van der Waals surface area (Å²) in [6.45, 7) is 1.45. The molecule has 20 heavy (non-hydrogen) atoms. The molecule has 0 spiro atoms. The maximum absolute atomic E-state index is 13.2. The molecule has 1 aromatic carbocycles. The monoisotopic (exact) mass is 298 g/mol. The second-order valence-electron chi connectivity index (χ2n) is 3.26. The summed E-state index contributed by atoms with van der Waals surface area (Å²) < 4.78 is 64.7. The van der Waals surface area contributed by atoms with Crippen molar-refractivity contribution in [3.63, 3.8) is 0 Å². The lowest BCUT2D eigenvalue weighted by Crippen LogP contribution is -2.36. The first-order valence-electron chi connectivity index (χ1n) is 5.05. The first-order chi connectivity index (χ1) is 9.31. The van der Waals surface area contributed by atoms with Crippen molar-refractivity contribution in [2.45, 2.75) is 6.92 Å². The Morgan fingerprint density at radius 3 is 1.80 bits per heavy atom. The molecule has 0 heterocycles. The van der Waals surface area contributed by atoms with Gasteiger partial charge < -0.3 is 5.32 Å². The smallest absolute Gasteiger partial charge is 0.313 e. The standard InChI is InChI=1S/C10H7F5N2O3/c1-2-20-17-10(19)9(18)16-8-6(14)4(12)3(11)5(13)7(8)15/h2H2,1H3,(H,16,18)(H,17,19). The molecule has 0 atom stereocenters. The Morgan fingerprint density at radius 1 is 0.900 bits per heavy atom. The van der Waals surface area contributed by atoms with Crippen LogP contribution in [0.2, 0.25) is 0 Å². The van der Waals surface area contributed by atoms with E-state index in [9.17, 15) is 31.5 Å². The summed E-state index contributed by atoms with van der Waals surface area (Å²) >= 11 is 0. The highest BCUT2D eigenvalue weighted by atomic mass is 19.2. The lowest BCUT2D eigenvalue weighted by Gasteiger charge is -2.09. The van der Waals surface area contributed by atoms with Gasteiger partial charge in [0.15, 0.2) is 23.3 Å². The third kappa shape index (κ3) is 3.02. The van der Waals surface area contributed by atoms with E-state index in [1.807, 2.05) is 0 Å². The Labute approximate surface area is 108 Å². The largest absolute Gasteiger partial charge is 0.333 e. The second-order valence-corrected chi connectivity index (χ2v) is 3.26. The molecule has 10 heteroatoms. The number of amides is 2. The fraction of sp³-hybridized carbons (Fsp3) is 0.200. The number of hydrogen-bond acceptors (Lipinski definition) is 3. The molecule has 0 aliphatic rings. The molecule has 0 saturated carbocycles. The first-order valence-corrected chi connectivity index (χ1v) is 5.05. The summed E-state index contributed by atoms with van der Waals surface area (Å²) in [5, 5.41) is 1.27. The van der Waals surface area contributed by atoms with E-state index in [-0.39, 0.29) is 6.61 Å². The molecule has 0 saturated heterocycles. The maximum atomic E-state index is 13.2. The van der Waals surface area contributed by atoms with Crippen LogP contribution in [0.5, 0.6) is 0 Å². The number of hydrogen-bond donors (Lipinski definition) is 2. The van der Waals surface area contributed by atoms with Crippen molar-refractivity contribution in [2.24, 2.45) is 0 Å². The number of carbonyl (C=O) groups is 2. The predicted molar refractivity (Wildman–Crippen MR) is 54.6 cm³/mol. The van der Waals surface area contributed by atoms with Gasteiger partial charge in [0.1, 0.15) is 5.69 Å². The zero-order chi connectivity index (χ0) is 15.4. The van der Waals surface area contributed by atoms with Crippen LogP contribution < -0.4 is 10.8 Å². The molecular formula is C10H7F5N2O3. The molecular weight excluding hydrogens is 291 g/mol. The van der Waals surface area contributed by atoms with Gasteiger partial charge in [0.05, 0.1) is 6.61 Å². The van der Waals surface area contributed by atoms with E-state index in [0.29, 0.717) is 0 Å². The van der Waals surface area contributed by atoms with Crippen LogP contribution in [0, 0.1) is 29.1 Å². The number of hydroxylamine groups is 1. The van der Waals surface area contributed by atoms with Gasteiger partial charge in [-0.1, -0.05) is 0 Å². The van der Waals surface area contributed by atoms with E-state index in [4.69, 9.17) is 0 Å². The van der Waals surface area contributed by atoms with Crippen molar-refractivity contribution in [3.8, 4) is 0 Å². The second kappa shape index (κ2) is 6.28. The molecule has 0 unspecified atom stereocenters. The van der Waals surface area contributed by atoms with Gasteiger partial charge in [-0.05, 0) is 6.92 Å². The maximum Gasteiger partial charge on any atom is 0.333 e. The Hall–Kier alpha value is -2.23. The van der Waals surface area contributed by atoms with Crippen LogP contribution in [0.1, 0.15) is 6.92 Å². The Kier molecular flexibility index (Phi) is 4.97. The van der Waals surface area contributed by atoms with E-state index >= 15 is 0 Å². The van der Waals surface area contributed by atoms with Gasteiger partial charge in [-0.15, -0.1) is 0 Å². The average Bonchev–Trinajstić information content (AvgIpc) is 2.44. The van der Waals surface area contributed by atoms with Crippen molar-refractivity contribution >= 4 is 17.5 Å². The zero-order valence-electron chi connectivity index (χ0n) is 9.82. The highest BCUT2D eigenvalue weighted by Crippen LogP contribution is 2.26. The van der Waals surface area contributed by atoms with E-state index in [1.54, 1.807) is 5.48 Å². The van der Waals surface area contributed by atoms with Gasteiger partial charge in [0.2, 0.25) is 5.82 Å². The molecule has 5 nitrogen and oxygen atoms in total. The van der Waals surface area contributed by atoms with Crippen LogP contribution in [0.4, 0.5) is 27.6 Å². The van der Waals surface area contributed by atoms with Crippen LogP contribution in [0.25, 0.3) is 0 Å². The lowest BCUT2D eigenvalue weighted by atomic mass is 10.2. The number of carbonyl (C=O) groups excluding carboxylic acids is 2. The Balaban J connectivity index is 3.04. The Bertz CT molecular complexity index is 535.